The molecule has 6 heteroatoms. The van der Waals surface area contributed by atoms with E-state index in [9.17, 15) is 9.90 Å². The lowest BCUT2D eigenvalue weighted by atomic mass is 9.66. The second-order valence-electron chi connectivity index (χ2n) is 8.27. The van der Waals surface area contributed by atoms with Gasteiger partial charge < -0.3 is 10.4 Å². The van der Waals surface area contributed by atoms with E-state index in [1.165, 1.54) is 12.8 Å². The predicted molar refractivity (Wildman–Crippen MR) is 99.0 cm³/mol. The van der Waals surface area contributed by atoms with Gasteiger partial charge >= 0.3 is 0 Å². The van der Waals surface area contributed by atoms with Crippen LogP contribution in [0.1, 0.15) is 62.7 Å². The van der Waals surface area contributed by atoms with Crippen LogP contribution in [0.4, 0.5) is 5.82 Å². The van der Waals surface area contributed by atoms with Crippen LogP contribution in [-0.4, -0.2) is 40.5 Å². The van der Waals surface area contributed by atoms with Crippen LogP contribution < -0.4 is 10.8 Å². The second kappa shape index (κ2) is 6.24. The highest BCUT2D eigenvalue weighted by molar-refractivity contribution is 6.88. The molecule has 0 atom stereocenters. The first kappa shape index (κ1) is 16.8. The van der Waals surface area contributed by atoms with Crippen LogP contribution in [0.3, 0.4) is 0 Å². The smallest absolute Gasteiger partial charge is 0.253 e. The van der Waals surface area contributed by atoms with Crippen molar-refractivity contribution in [2.75, 3.05) is 0 Å². The van der Waals surface area contributed by atoms with E-state index >= 15 is 0 Å². The number of carbonyl (C=O) groups is 1. The van der Waals surface area contributed by atoms with Gasteiger partial charge in [0.15, 0.2) is 0 Å². The molecule has 4 rings (SSSR count). The first-order chi connectivity index (χ1) is 11.9. The van der Waals surface area contributed by atoms with Gasteiger partial charge in [0.2, 0.25) is 7.28 Å². The molecule has 2 saturated carbocycles. The average molecular weight is 338 g/mol. The summed E-state index contributed by atoms with van der Waals surface area (Å²) >= 11 is 0. The Morgan fingerprint density at radius 3 is 2.60 bits per heavy atom. The summed E-state index contributed by atoms with van der Waals surface area (Å²) in [5.74, 6) is 1.59. The molecule has 1 aromatic rings. The van der Waals surface area contributed by atoms with Gasteiger partial charge in [-0.15, -0.1) is 0 Å². The fraction of sp³-hybridized carbons (Fsp3) is 0.632. The van der Waals surface area contributed by atoms with Crippen molar-refractivity contribution in [1.29, 1.82) is 0 Å². The van der Waals surface area contributed by atoms with Crippen LogP contribution in [0.5, 0.6) is 0 Å². The van der Waals surface area contributed by atoms with Crippen LogP contribution in [0.25, 0.3) is 0 Å². The summed E-state index contributed by atoms with van der Waals surface area (Å²) < 4.78 is 0. The van der Waals surface area contributed by atoms with E-state index in [4.69, 9.17) is 0 Å². The second-order valence-corrected chi connectivity index (χ2v) is 8.27. The van der Waals surface area contributed by atoms with Gasteiger partial charge in [-0.05, 0) is 81.3 Å². The minimum Gasteiger partial charge on any atom is -0.390 e. The Hall–Kier alpha value is -1.69. The van der Waals surface area contributed by atoms with Crippen LogP contribution in [0.15, 0.2) is 17.3 Å². The number of carbonyl (C=O) groups excluding carboxylic acids is 1. The number of fused-ring (bicyclic) bond motifs is 1. The Morgan fingerprint density at radius 1 is 1.24 bits per heavy atom. The van der Waals surface area contributed by atoms with Crippen LogP contribution in [0, 0.1) is 11.8 Å². The number of pyridine rings is 1. The molecule has 0 unspecified atom stereocenters. The molecule has 131 valence electrons. The van der Waals surface area contributed by atoms with E-state index in [-0.39, 0.29) is 11.9 Å². The SMILES string of the molecule is CC(C)(O)C1CCC(NC(=O)c2cnc3c(c2)[B]C(C2CC2)=N3)CC1. The normalized spacial score (nSPS) is 25.8. The van der Waals surface area contributed by atoms with E-state index in [1.807, 2.05) is 19.9 Å². The third-order valence-electron chi connectivity index (χ3n) is 5.75. The molecular formula is C19H25BN3O2. The van der Waals surface area contributed by atoms with E-state index in [2.05, 4.69) is 22.6 Å². The number of rotatable bonds is 4. The maximum absolute atomic E-state index is 12.6. The standard InChI is InChI=1S/C19H25BN3O2/c1-19(2,25)13-5-7-14(8-6-13)22-18(24)12-9-15-17(21-10-12)23-16(20-15)11-3-4-11/h9-11,13-14,25H,3-8H2,1-2H3,(H,22,24). The number of nitrogens with one attached hydrogen (secondary N) is 1. The van der Waals surface area contributed by atoms with Crippen molar-refractivity contribution < 1.29 is 9.90 Å². The highest BCUT2D eigenvalue weighted by Gasteiger charge is 2.33. The summed E-state index contributed by atoms with van der Waals surface area (Å²) in [7, 11) is 2.07. The van der Waals surface area contributed by atoms with Gasteiger partial charge in [0.1, 0.15) is 5.82 Å². The molecule has 0 saturated heterocycles. The molecule has 25 heavy (non-hydrogen) atoms. The fourth-order valence-corrected chi connectivity index (χ4v) is 3.91. The van der Waals surface area contributed by atoms with Gasteiger partial charge in [-0.25, -0.2) is 9.98 Å². The Labute approximate surface area is 149 Å². The molecule has 1 aromatic heterocycles. The molecule has 2 aliphatic carbocycles. The Morgan fingerprint density at radius 2 is 1.96 bits per heavy atom. The molecule has 2 N–H and O–H groups in total. The topological polar surface area (TPSA) is 74.6 Å². The molecule has 0 spiro atoms. The third kappa shape index (κ3) is 3.64. The minimum atomic E-state index is -0.631. The molecule has 0 aromatic carbocycles. The van der Waals surface area contributed by atoms with Gasteiger partial charge in [0.05, 0.1) is 11.2 Å². The summed E-state index contributed by atoms with van der Waals surface area (Å²) in [5, 5.41) is 13.3. The van der Waals surface area contributed by atoms with E-state index in [0.717, 1.165) is 42.6 Å². The van der Waals surface area contributed by atoms with Crippen molar-refractivity contribution >= 4 is 30.1 Å². The maximum atomic E-state index is 12.6. The first-order valence-corrected chi connectivity index (χ1v) is 9.37. The number of nitrogens with zero attached hydrogens (tertiary/aromatic N) is 2. The first-order valence-electron chi connectivity index (χ1n) is 9.37. The van der Waals surface area contributed by atoms with Crippen molar-refractivity contribution in [3.05, 3.63) is 17.8 Å². The number of hydrogen-bond acceptors (Lipinski definition) is 4. The van der Waals surface area contributed by atoms with E-state index in [0.29, 0.717) is 17.4 Å². The van der Waals surface area contributed by atoms with E-state index < -0.39 is 5.60 Å². The summed E-state index contributed by atoms with van der Waals surface area (Å²) in [6.45, 7) is 3.75. The van der Waals surface area contributed by atoms with Gasteiger partial charge in [-0.3, -0.25) is 4.79 Å². The highest BCUT2D eigenvalue weighted by Crippen LogP contribution is 2.33. The number of aliphatic imine (C=N–C) groups is 1. The zero-order valence-corrected chi connectivity index (χ0v) is 15.0. The van der Waals surface area contributed by atoms with Crippen molar-refractivity contribution in [3.63, 3.8) is 0 Å². The molecule has 2 heterocycles. The number of aromatic nitrogens is 1. The third-order valence-corrected chi connectivity index (χ3v) is 5.75. The number of amides is 1. The summed E-state index contributed by atoms with van der Waals surface area (Å²) in [6, 6.07) is 2.08. The zero-order valence-electron chi connectivity index (χ0n) is 15.0. The van der Waals surface area contributed by atoms with Gasteiger partial charge in [0.25, 0.3) is 5.91 Å². The molecule has 3 aliphatic rings. The Bertz CT molecular complexity index is 714. The number of aliphatic hydroxyl groups is 1. The Balaban J connectivity index is 1.35. The van der Waals surface area contributed by atoms with Gasteiger partial charge in [-0.1, -0.05) is 0 Å². The molecule has 5 nitrogen and oxygen atoms in total. The molecule has 1 radical (unpaired) electrons. The van der Waals surface area contributed by atoms with Gasteiger partial charge in [0, 0.05) is 12.2 Å². The van der Waals surface area contributed by atoms with E-state index in [1.54, 1.807) is 6.20 Å². The predicted octanol–water partition coefficient (Wildman–Crippen LogP) is 1.92. The number of hydrogen-bond donors (Lipinski definition) is 2. The summed E-state index contributed by atoms with van der Waals surface area (Å²) in [4.78, 5) is 21.5. The van der Waals surface area contributed by atoms with Crippen molar-refractivity contribution in [2.45, 2.75) is 64.0 Å². The van der Waals surface area contributed by atoms with Crippen LogP contribution >= 0.6 is 0 Å². The molecule has 2 fully saturated rings. The highest BCUT2D eigenvalue weighted by atomic mass is 16.3. The maximum Gasteiger partial charge on any atom is 0.253 e. The fourth-order valence-electron chi connectivity index (χ4n) is 3.91. The molecule has 0 bridgehead atoms. The molecular weight excluding hydrogens is 313 g/mol. The summed E-state index contributed by atoms with van der Waals surface area (Å²) in [5.41, 5.74) is 2.05. The lowest BCUT2D eigenvalue weighted by Gasteiger charge is -2.36. The quantitative estimate of drug-likeness (QED) is 0.824. The lowest BCUT2D eigenvalue weighted by Crippen LogP contribution is -2.42. The van der Waals surface area contributed by atoms with Crippen LogP contribution in [-0.2, 0) is 0 Å². The molecule has 1 amide bonds. The van der Waals surface area contributed by atoms with Crippen molar-refractivity contribution in [2.24, 2.45) is 16.8 Å². The van der Waals surface area contributed by atoms with Crippen molar-refractivity contribution in [3.8, 4) is 0 Å². The lowest BCUT2D eigenvalue weighted by molar-refractivity contribution is -0.00257. The largest absolute Gasteiger partial charge is 0.390 e. The summed E-state index contributed by atoms with van der Waals surface area (Å²) in [6.07, 6.45) is 7.78. The van der Waals surface area contributed by atoms with Crippen molar-refractivity contribution in [1.82, 2.24) is 10.3 Å². The Kier molecular flexibility index (Phi) is 4.18. The molecule has 1 aliphatic heterocycles. The van der Waals surface area contributed by atoms with Crippen LogP contribution in [0.2, 0.25) is 0 Å². The van der Waals surface area contributed by atoms with Gasteiger partial charge in [-0.2, -0.15) is 0 Å². The average Bonchev–Trinajstić information content (AvgIpc) is 3.33. The minimum absolute atomic E-state index is 0.0599. The monoisotopic (exact) mass is 338 g/mol. The zero-order chi connectivity index (χ0) is 17.6.